The van der Waals surface area contributed by atoms with Crippen LogP contribution in [0.2, 0.25) is 0 Å². The molecule has 1 heterocycles. The number of hydrogen-bond acceptors (Lipinski definition) is 1. The van der Waals surface area contributed by atoms with Gasteiger partial charge in [0.25, 0.3) is 0 Å². The van der Waals surface area contributed by atoms with Crippen molar-refractivity contribution in [3.63, 3.8) is 0 Å². The molecule has 1 heteroatoms. The van der Waals surface area contributed by atoms with Gasteiger partial charge in [0.05, 0.1) is 1.37 Å². The van der Waals surface area contributed by atoms with Gasteiger partial charge in [-0.1, -0.05) is 121 Å². The summed E-state index contributed by atoms with van der Waals surface area (Å²) in [6, 6.07) is 49.6. The van der Waals surface area contributed by atoms with Gasteiger partial charge in [0.1, 0.15) is 11.5 Å². The minimum absolute atomic E-state index is 0.525. The highest BCUT2D eigenvalue weighted by molar-refractivity contribution is 6.22. The van der Waals surface area contributed by atoms with Crippen LogP contribution >= 0.6 is 0 Å². The van der Waals surface area contributed by atoms with Crippen molar-refractivity contribution in [3.05, 3.63) is 146 Å². The van der Waals surface area contributed by atoms with Gasteiger partial charge in [0.2, 0.25) is 0 Å². The van der Waals surface area contributed by atoms with Crippen LogP contribution in [0.1, 0.15) is 1.37 Å². The minimum atomic E-state index is 0.525. The third-order valence-electron chi connectivity index (χ3n) is 8.52. The van der Waals surface area contributed by atoms with E-state index in [1.54, 1.807) is 0 Å². The van der Waals surface area contributed by atoms with Crippen LogP contribution in [0.5, 0.6) is 11.5 Å². The number of hydrogen-bond donors (Lipinski definition) is 0. The largest absolute Gasteiger partial charge is 0.456 e. The van der Waals surface area contributed by atoms with E-state index in [9.17, 15) is 1.37 Å². The molecule has 9 rings (SSSR count). The molecule has 0 fully saturated rings. The first-order chi connectivity index (χ1) is 20.7. The lowest BCUT2D eigenvalue weighted by Crippen LogP contribution is -1.97. The van der Waals surface area contributed by atoms with Crippen molar-refractivity contribution >= 4 is 43.1 Å². The van der Waals surface area contributed by atoms with Crippen molar-refractivity contribution in [2.24, 2.45) is 0 Å². The molecule has 0 atom stereocenters. The van der Waals surface area contributed by atoms with Crippen LogP contribution in [0, 0.1) is 0 Å². The SMILES string of the molecule is [2H]c1cccc2c(-c3ccc4ccccc4c3)c3ccccc3c(-c3ccc4c(c3)-c3cccc5cccc(c35)O4)c12. The average molecular weight is 522 g/mol. The van der Waals surface area contributed by atoms with Crippen LogP contribution < -0.4 is 4.74 Å². The molecule has 0 unspecified atom stereocenters. The first-order valence-electron chi connectivity index (χ1n) is 14.5. The van der Waals surface area contributed by atoms with Crippen molar-refractivity contribution in [1.29, 1.82) is 0 Å². The summed E-state index contributed by atoms with van der Waals surface area (Å²) in [5.74, 6) is 1.75. The number of fused-ring (bicyclic) bond motifs is 5. The molecule has 190 valence electrons. The molecular weight excluding hydrogens is 496 g/mol. The quantitative estimate of drug-likeness (QED) is 0.206. The summed E-state index contributed by atoms with van der Waals surface area (Å²) >= 11 is 0. The highest BCUT2D eigenvalue weighted by Gasteiger charge is 2.22. The van der Waals surface area contributed by atoms with Crippen molar-refractivity contribution < 1.29 is 6.11 Å². The van der Waals surface area contributed by atoms with Crippen LogP contribution in [0.3, 0.4) is 0 Å². The van der Waals surface area contributed by atoms with E-state index < -0.39 is 0 Å². The molecule has 0 aromatic heterocycles. The molecule has 1 nitrogen and oxygen atoms in total. The van der Waals surface area contributed by atoms with Crippen LogP contribution in [-0.4, -0.2) is 0 Å². The zero-order chi connectivity index (χ0) is 27.8. The van der Waals surface area contributed by atoms with Crippen molar-refractivity contribution in [3.8, 4) is 44.9 Å². The fraction of sp³-hybridized carbons (Fsp3) is 0. The second kappa shape index (κ2) is 8.55. The second-order valence-electron chi connectivity index (χ2n) is 10.8. The van der Waals surface area contributed by atoms with Gasteiger partial charge in [-0.15, -0.1) is 0 Å². The van der Waals surface area contributed by atoms with Crippen LogP contribution in [-0.2, 0) is 0 Å². The molecule has 8 aromatic carbocycles. The molecule has 1 aliphatic heterocycles. The van der Waals surface area contributed by atoms with E-state index in [2.05, 4.69) is 115 Å². The molecule has 0 bridgehead atoms. The Morgan fingerprint density at radius 1 is 0.415 bits per heavy atom. The summed E-state index contributed by atoms with van der Waals surface area (Å²) in [5, 5.41) is 9.13. The minimum Gasteiger partial charge on any atom is -0.456 e. The van der Waals surface area contributed by atoms with Gasteiger partial charge in [-0.2, -0.15) is 0 Å². The van der Waals surface area contributed by atoms with E-state index >= 15 is 0 Å². The molecule has 0 aliphatic carbocycles. The van der Waals surface area contributed by atoms with Crippen LogP contribution in [0.25, 0.3) is 76.5 Å². The summed E-state index contributed by atoms with van der Waals surface area (Å²) in [4.78, 5) is 0. The smallest absolute Gasteiger partial charge is 0.135 e. The predicted octanol–water partition coefficient (Wildman–Crippen LogP) is 11.4. The van der Waals surface area contributed by atoms with E-state index in [-0.39, 0.29) is 0 Å². The van der Waals surface area contributed by atoms with E-state index in [0.29, 0.717) is 6.04 Å². The van der Waals surface area contributed by atoms with Crippen LogP contribution in [0.15, 0.2) is 146 Å². The van der Waals surface area contributed by atoms with Crippen LogP contribution in [0.4, 0.5) is 0 Å². The lowest BCUT2D eigenvalue weighted by molar-refractivity contribution is 0.487. The molecule has 0 amide bonds. The van der Waals surface area contributed by atoms with Gasteiger partial charge < -0.3 is 4.74 Å². The van der Waals surface area contributed by atoms with Gasteiger partial charge in [0.15, 0.2) is 0 Å². The molecule has 0 N–H and O–H groups in total. The zero-order valence-corrected chi connectivity index (χ0v) is 22.2. The summed E-state index contributed by atoms with van der Waals surface area (Å²) in [5.41, 5.74) is 6.76. The normalized spacial score (nSPS) is 12.4. The number of benzene rings is 8. The Morgan fingerprint density at radius 3 is 1.90 bits per heavy atom. The number of ether oxygens (including phenoxy) is 1. The fourth-order valence-electron chi connectivity index (χ4n) is 6.73. The van der Waals surface area contributed by atoms with Gasteiger partial charge in [-0.05, 0) is 89.8 Å². The third-order valence-corrected chi connectivity index (χ3v) is 8.52. The van der Waals surface area contributed by atoms with Crippen molar-refractivity contribution in [2.75, 3.05) is 0 Å². The number of rotatable bonds is 2. The van der Waals surface area contributed by atoms with E-state index in [0.717, 1.165) is 55.3 Å². The summed E-state index contributed by atoms with van der Waals surface area (Å²) in [7, 11) is 0. The molecule has 0 spiro atoms. The molecule has 0 radical (unpaired) electrons. The summed E-state index contributed by atoms with van der Waals surface area (Å²) < 4.78 is 15.6. The lowest BCUT2D eigenvalue weighted by atomic mass is 9.84. The molecule has 0 saturated carbocycles. The van der Waals surface area contributed by atoms with Gasteiger partial charge in [-0.25, -0.2) is 0 Å². The standard InChI is InChI=1S/C40H24O/c1-2-10-27-23-28(20-19-25(27)9-1)38-30-13-3-5-15-32(30)39(33-16-6-4-14-31(33)38)29-21-22-36-35(24-29)34-17-7-11-26-12-8-18-37(41-36)40(26)34/h1-24H/i15D. The maximum absolute atomic E-state index is 9.17. The molecular formula is C40H24O. The van der Waals surface area contributed by atoms with Crippen molar-refractivity contribution in [1.82, 2.24) is 0 Å². The van der Waals surface area contributed by atoms with Gasteiger partial charge >= 0.3 is 0 Å². The first-order valence-corrected chi connectivity index (χ1v) is 14.0. The molecule has 41 heavy (non-hydrogen) atoms. The Hall–Kier alpha value is -5.40. The Labute approximate surface area is 239 Å². The molecule has 1 aliphatic rings. The Balaban J connectivity index is 1.37. The van der Waals surface area contributed by atoms with E-state index in [1.165, 1.54) is 32.7 Å². The maximum Gasteiger partial charge on any atom is 0.135 e. The Bertz CT molecular complexity index is 2400. The van der Waals surface area contributed by atoms with Gasteiger partial charge in [-0.3, -0.25) is 0 Å². The molecule has 0 saturated heterocycles. The average Bonchev–Trinajstić information content (AvgIpc) is 3.04. The topological polar surface area (TPSA) is 9.23 Å². The predicted molar refractivity (Wildman–Crippen MR) is 173 cm³/mol. The summed E-state index contributed by atoms with van der Waals surface area (Å²) in [6.45, 7) is 0. The lowest BCUT2D eigenvalue weighted by Gasteiger charge is -2.23. The maximum atomic E-state index is 9.17. The monoisotopic (exact) mass is 521 g/mol. The molecule has 8 aromatic rings. The van der Waals surface area contributed by atoms with Gasteiger partial charge in [0, 0.05) is 10.9 Å². The van der Waals surface area contributed by atoms with E-state index in [4.69, 9.17) is 4.74 Å². The highest BCUT2D eigenvalue weighted by Crippen LogP contribution is 2.49. The summed E-state index contributed by atoms with van der Waals surface area (Å²) in [6.07, 6.45) is 0. The second-order valence-corrected chi connectivity index (χ2v) is 10.8. The van der Waals surface area contributed by atoms with E-state index in [1.807, 2.05) is 24.3 Å². The first kappa shape index (κ1) is 21.4. The third kappa shape index (κ3) is 3.30. The highest BCUT2D eigenvalue weighted by atomic mass is 16.5. The van der Waals surface area contributed by atoms with Crippen molar-refractivity contribution in [2.45, 2.75) is 0 Å². The Morgan fingerprint density at radius 2 is 1.05 bits per heavy atom. The fourth-order valence-corrected chi connectivity index (χ4v) is 6.73. The Kier molecular flexibility index (Phi) is 4.47. The zero-order valence-electron chi connectivity index (χ0n) is 23.2.